The number of carbonyl (C=O) groups excluding carboxylic acids is 2. The highest BCUT2D eigenvalue weighted by atomic mass is 32.1. The molecule has 1 unspecified atom stereocenters. The van der Waals surface area contributed by atoms with Gasteiger partial charge in [-0.15, -0.1) is 11.3 Å². The number of benzene rings is 2. The minimum absolute atomic E-state index is 0.189. The second-order valence-corrected chi connectivity index (χ2v) is 8.57. The zero-order valence-corrected chi connectivity index (χ0v) is 17.4. The number of ether oxygens (including phenoxy) is 2. The number of aryl methyl sites for hydroxylation is 1. The van der Waals surface area contributed by atoms with E-state index in [0.717, 1.165) is 45.8 Å². The predicted octanol–water partition coefficient (Wildman–Crippen LogP) is 4.83. The van der Waals surface area contributed by atoms with Crippen molar-refractivity contribution in [2.45, 2.75) is 32.5 Å². The maximum absolute atomic E-state index is 13.0. The van der Waals surface area contributed by atoms with Gasteiger partial charge in [-0.3, -0.25) is 4.79 Å². The molecule has 6 heteroatoms. The number of esters is 1. The lowest BCUT2D eigenvalue weighted by Crippen LogP contribution is -2.42. The Balaban J connectivity index is 1.33. The molecule has 0 saturated carbocycles. The molecule has 2 aliphatic rings. The number of hydrogen-bond donors (Lipinski definition) is 0. The standard InChI is InChI=1S/C24H21NO4S/c1-15(23(26)25-12-6-8-16-7-2-4-10-19(16)25)29-24(27)21-13-17-14-28-20-11-5-3-9-18(20)22(17)30-21/h2-5,7,9-11,13,15H,6,8,12,14H2,1H3. The number of carbonyl (C=O) groups is 2. The number of anilines is 1. The summed E-state index contributed by atoms with van der Waals surface area (Å²) in [6.07, 6.45) is 1.00. The van der Waals surface area contributed by atoms with E-state index in [1.165, 1.54) is 11.3 Å². The lowest BCUT2D eigenvalue weighted by molar-refractivity contribution is -0.126. The Morgan fingerprint density at radius 1 is 1.10 bits per heavy atom. The van der Waals surface area contributed by atoms with Crippen LogP contribution in [0.1, 0.15) is 34.1 Å². The minimum atomic E-state index is -0.855. The van der Waals surface area contributed by atoms with Crippen molar-refractivity contribution in [3.05, 3.63) is 70.6 Å². The summed E-state index contributed by atoms with van der Waals surface area (Å²) in [6.45, 7) is 2.71. The summed E-state index contributed by atoms with van der Waals surface area (Å²) in [5.74, 6) is 0.155. The third-order valence-corrected chi connectivity index (χ3v) is 6.72. The van der Waals surface area contributed by atoms with Crippen molar-refractivity contribution < 1.29 is 19.1 Å². The molecule has 0 bridgehead atoms. The van der Waals surface area contributed by atoms with Gasteiger partial charge in [0.15, 0.2) is 6.10 Å². The highest BCUT2D eigenvalue weighted by molar-refractivity contribution is 7.17. The van der Waals surface area contributed by atoms with Crippen LogP contribution in [0.15, 0.2) is 54.6 Å². The Morgan fingerprint density at radius 2 is 1.90 bits per heavy atom. The van der Waals surface area contributed by atoms with E-state index in [1.54, 1.807) is 11.8 Å². The number of thiophene rings is 1. The van der Waals surface area contributed by atoms with Gasteiger partial charge in [-0.1, -0.05) is 30.3 Å². The summed E-state index contributed by atoms with van der Waals surface area (Å²) in [4.78, 5) is 29.1. The molecule has 30 heavy (non-hydrogen) atoms. The largest absolute Gasteiger partial charge is 0.488 e. The smallest absolute Gasteiger partial charge is 0.349 e. The van der Waals surface area contributed by atoms with Gasteiger partial charge in [0.25, 0.3) is 5.91 Å². The Bertz CT molecular complexity index is 1140. The Kier molecular flexibility index (Phi) is 4.79. The fraction of sp³-hybridized carbons (Fsp3) is 0.250. The van der Waals surface area contributed by atoms with Gasteiger partial charge in [-0.2, -0.15) is 0 Å². The first-order valence-corrected chi connectivity index (χ1v) is 10.9. The number of para-hydroxylation sites is 2. The maximum Gasteiger partial charge on any atom is 0.349 e. The third kappa shape index (κ3) is 3.27. The first-order chi connectivity index (χ1) is 14.6. The molecule has 0 N–H and O–H groups in total. The summed E-state index contributed by atoms with van der Waals surface area (Å²) < 4.78 is 11.3. The second kappa shape index (κ2) is 7.61. The number of rotatable bonds is 3. The van der Waals surface area contributed by atoms with Gasteiger partial charge < -0.3 is 14.4 Å². The van der Waals surface area contributed by atoms with Gasteiger partial charge in [0.1, 0.15) is 17.2 Å². The van der Waals surface area contributed by atoms with E-state index in [0.29, 0.717) is 18.0 Å². The van der Waals surface area contributed by atoms with Crippen LogP contribution in [-0.2, 0) is 22.6 Å². The van der Waals surface area contributed by atoms with E-state index in [2.05, 4.69) is 0 Å². The molecule has 152 valence electrons. The molecule has 2 aromatic carbocycles. The first kappa shape index (κ1) is 18.9. The fourth-order valence-corrected chi connectivity index (χ4v) is 5.13. The first-order valence-electron chi connectivity index (χ1n) is 10.1. The van der Waals surface area contributed by atoms with Crippen molar-refractivity contribution in [2.75, 3.05) is 11.4 Å². The van der Waals surface area contributed by atoms with Crippen LogP contribution in [0, 0.1) is 0 Å². The van der Waals surface area contributed by atoms with Crippen LogP contribution in [0.4, 0.5) is 5.69 Å². The van der Waals surface area contributed by atoms with Gasteiger partial charge in [0.05, 0.1) is 0 Å². The van der Waals surface area contributed by atoms with Crippen LogP contribution in [0.3, 0.4) is 0 Å². The minimum Gasteiger partial charge on any atom is -0.488 e. The third-order valence-electron chi connectivity index (χ3n) is 5.53. The van der Waals surface area contributed by atoms with E-state index in [9.17, 15) is 9.59 Å². The average Bonchev–Trinajstić information content (AvgIpc) is 3.23. The quantitative estimate of drug-likeness (QED) is 0.571. The molecular formula is C24H21NO4S. The van der Waals surface area contributed by atoms with Gasteiger partial charge in [-0.25, -0.2) is 4.79 Å². The monoisotopic (exact) mass is 419 g/mol. The molecule has 2 aliphatic heterocycles. The maximum atomic E-state index is 13.0. The molecule has 3 aromatic rings. The number of fused-ring (bicyclic) bond motifs is 4. The summed E-state index contributed by atoms with van der Waals surface area (Å²) in [7, 11) is 0. The molecule has 3 heterocycles. The molecule has 0 aliphatic carbocycles. The topological polar surface area (TPSA) is 55.8 Å². The van der Waals surface area contributed by atoms with Crippen molar-refractivity contribution in [1.82, 2.24) is 0 Å². The van der Waals surface area contributed by atoms with Gasteiger partial charge >= 0.3 is 5.97 Å². The van der Waals surface area contributed by atoms with Gasteiger partial charge in [0, 0.05) is 28.2 Å². The highest BCUT2D eigenvalue weighted by Gasteiger charge is 2.30. The lowest BCUT2D eigenvalue weighted by atomic mass is 10.0. The average molecular weight is 420 g/mol. The Labute approximate surface area is 178 Å². The summed E-state index contributed by atoms with van der Waals surface area (Å²) >= 11 is 1.38. The SMILES string of the molecule is CC(OC(=O)c1cc2c(s1)-c1ccccc1OC2)C(=O)N1CCCc2ccccc21. The van der Waals surface area contributed by atoms with Crippen LogP contribution in [0.25, 0.3) is 10.4 Å². The van der Waals surface area contributed by atoms with E-state index >= 15 is 0 Å². The normalized spacial score (nSPS) is 15.3. The molecule has 5 nitrogen and oxygen atoms in total. The summed E-state index contributed by atoms with van der Waals surface area (Å²) in [6, 6.07) is 17.5. The number of hydrogen-bond acceptors (Lipinski definition) is 5. The molecule has 0 radical (unpaired) electrons. The molecule has 0 fully saturated rings. The second-order valence-electron chi connectivity index (χ2n) is 7.52. The Hall–Kier alpha value is -3.12. The molecule has 1 atom stereocenters. The van der Waals surface area contributed by atoms with E-state index in [4.69, 9.17) is 9.47 Å². The van der Waals surface area contributed by atoms with Gasteiger partial charge in [-0.05, 0) is 49.6 Å². The van der Waals surface area contributed by atoms with E-state index in [-0.39, 0.29) is 5.91 Å². The van der Waals surface area contributed by atoms with Crippen LogP contribution in [-0.4, -0.2) is 24.5 Å². The van der Waals surface area contributed by atoms with Crippen LogP contribution < -0.4 is 9.64 Å². The Morgan fingerprint density at radius 3 is 2.80 bits per heavy atom. The van der Waals surface area contributed by atoms with E-state index < -0.39 is 12.1 Å². The zero-order chi connectivity index (χ0) is 20.7. The zero-order valence-electron chi connectivity index (χ0n) is 16.6. The molecule has 5 rings (SSSR count). The van der Waals surface area contributed by atoms with Crippen LogP contribution in [0.5, 0.6) is 5.75 Å². The van der Waals surface area contributed by atoms with Gasteiger partial charge in [0.2, 0.25) is 0 Å². The number of amides is 1. The van der Waals surface area contributed by atoms with Crippen molar-refractivity contribution in [3.8, 4) is 16.2 Å². The van der Waals surface area contributed by atoms with Crippen LogP contribution >= 0.6 is 11.3 Å². The van der Waals surface area contributed by atoms with Crippen molar-refractivity contribution in [1.29, 1.82) is 0 Å². The molecular weight excluding hydrogens is 398 g/mol. The van der Waals surface area contributed by atoms with Crippen molar-refractivity contribution in [3.63, 3.8) is 0 Å². The fourth-order valence-electron chi connectivity index (χ4n) is 4.05. The summed E-state index contributed by atoms with van der Waals surface area (Å²) in [5, 5.41) is 0. The molecule has 1 amide bonds. The van der Waals surface area contributed by atoms with Crippen molar-refractivity contribution in [2.24, 2.45) is 0 Å². The molecule has 0 saturated heterocycles. The predicted molar refractivity (Wildman–Crippen MR) is 116 cm³/mol. The number of nitrogens with zero attached hydrogens (tertiary/aromatic N) is 1. The van der Waals surface area contributed by atoms with E-state index in [1.807, 2.05) is 54.6 Å². The highest BCUT2D eigenvalue weighted by Crippen LogP contribution is 2.42. The van der Waals surface area contributed by atoms with Crippen molar-refractivity contribution >= 4 is 28.9 Å². The van der Waals surface area contributed by atoms with Crippen LogP contribution in [0.2, 0.25) is 0 Å². The molecule has 0 spiro atoms. The lowest BCUT2D eigenvalue weighted by Gasteiger charge is -2.31. The molecule has 1 aromatic heterocycles. The summed E-state index contributed by atoms with van der Waals surface area (Å²) in [5.41, 5.74) is 4.02.